The first-order valence-corrected chi connectivity index (χ1v) is 10.0. The zero-order valence-corrected chi connectivity index (χ0v) is 14.3. The highest BCUT2D eigenvalue weighted by Crippen LogP contribution is 2.23. The van der Waals surface area contributed by atoms with Crippen molar-refractivity contribution < 1.29 is 22.8 Å². The Kier molecular flexibility index (Phi) is 7.59. The van der Waals surface area contributed by atoms with E-state index in [1.165, 1.54) is 0 Å². The Morgan fingerprint density at radius 1 is 1.05 bits per heavy atom. The van der Waals surface area contributed by atoms with Gasteiger partial charge in [0.25, 0.3) is 0 Å². The van der Waals surface area contributed by atoms with Crippen LogP contribution in [0, 0.1) is 0 Å². The molecule has 0 spiro atoms. The molecular weight excluding hydrogens is 290 g/mol. The molecule has 0 amide bonds. The van der Waals surface area contributed by atoms with Gasteiger partial charge in [-0.15, -0.1) is 0 Å². The van der Waals surface area contributed by atoms with Crippen molar-refractivity contribution in [2.45, 2.75) is 32.4 Å². The van der Waals surface area contributed by atoms with Crippen molar-refractivity contribution >= 4 is 8.80 Å². The van der Waals surface area contributed by atoms with Crippen LogP contribution in [-0.4, -0.2) is 79.1 Å². The molecule has 21 heavy (non-hydrogen) atoms. The largest absolute Gasteiger partial charge is 0.501 e. The first kappa shape index (κ1) is 17.3. The third-order valence-corrected chi connectivity index (χ3v) is 6.83. The molecule has 124 valence electrons. The van der Waals surface area contributed by atoms with Crippen molar-refractivity contribution in [2.24, 2.45) is 0 Å². The van der Waals surface area contributed by atoms with Gasteiger partial charge < -0.3 is 22.8 Å². The Hall–Kier alpha value is -0.0231. The van der Waals surface area contributed by atoms with E-state index in [1.807, 2.05) is 13.8 Å². The molecule has 2 aliphatic heterocycles. The van der Waals surface area contributed by atoms with E-state index in [9.17, 15) is 0 Å². The average molecular weight is 319 g/mol. The molecule has 2 rings (SSSR count). The molecule has 2 saturated heterocycles. The first-order valence-electron chi connectivity index (χ1n) is 8.11. The Bertz CT molecular complexity index is 283. The molecule has 6 nitrogen and oxygen atoms in total. The molecule has 0 aromatic carbocycles. The Morgan fingerprint density at radius 2 is 1.76 bits per heavy atom. The van der Waals surface area contributed by atoms with E-state index >= 15 is 0 Å². The lowest BCUT2D eigenvalue weighted by atomic mass is 10.3. The lowest BCUT2D eigenvalue weighted by Gasteiger charge is -2.37. The molecule has 0 N–H and O–H groups in total. The lowest BCUT2D eigenvalue weighted by Crippen LogP contribution is -2.53. The molecule has 0 bridgehead atoms. The third kappa shape index (κ3) is 5.59. The topological polar surface area (TPSA) is 49.4 Å². The van der Waals surface area contributed by atoms with Gasteiger partial charge >= 0.3 is 8.80 Å². The van der Waals surface area contributed by atoms with E-state index < -0.39 is 8.80 Å². The van der Waals surface area contributed by atoms with Crippen LogP contribution in [0.15, 0.2) is 0 Å². The summed E-state index contributed by atoms with van der Waals surface area (Å²) in [4.78, 5) is 2.37. The van der Waals surface area contributed by atoms with Gasteiger partial charge in [-0.3, -0.25) is 4.90 Å². The zero-order valence-electron chi connectivity index (χ0n) is 13.3. The summed E-state index contributed by atoms with van der Waals surface area (Å²) in [5, 5.41) is 0. The second kappa shape index (κ2) is 9.19. The van der Waals surface area contributed by atoms with E-state index in [0.717, 1.165) is 51.9 Å². The van der Waals surface area contributed by atoms with E-state index in [0.29, 0.717) is 19.8 Å². The maximum absolute atomic E-state index is 6.35. The molecule has 0 aliphatic carbocycles. The van der Waals surface area contributed by atoms with Crippen LogP contribution in [0.5, 0.6) is 0 Å². The maximum atomic E-state index is 6.35. The van der Waals surface area contributed by atoms with Gasteiger partial charge in [-0.25, -0.2) is 0 Å². The van der Waals surface area contributed by atoms with Crippen LogP contribution in [0.4, 0.5) is 0 Å². The SMILES string of the molecule is CCO[Si]1(OCC)CCCOCC(CN2CCOCC2)O1. The van der Waals surface area contributed by atoms with Crippen LogP contribution in [-0.2, 0) is 22.8 Å². The van der Waals surface area contributed by atoms with Gasteiger partial charge in [-0.1, -0.05) is 0 Å². The number of hydrogen-bond acceptors (Lipinski definition) is 6. The molecule has 0 radical (unpaired) electrons. The maximum Gasteiger partial charge on any atom is 0.501 e. The van der Waals surface area contributed by atoms with Gasteiger partial charge in [0.2, 0.25) is 0 Å². The number of rotatable bonds is 6. The molecule has 1 atom stereocenters. The normalized spacial score (nSPS) is 28.0. The second-order valence-corrected chi connectivity index (χ2v) is 8.06. The zero-order chi connectivity index (χ0) is 15.0. The average Bonchev–Trinajstić information content (AvgIpc) is 2.46. The third-order valence-electron chi connectivity index (χ3n) is 3.72. The second-order valence-electron chi connectivity index (χ2n) is 5.38. The number of ether oxygens (including phenoxy) is 2. The van der Waals surface area contributed by atoms with Crippen LogP contribution in [0.2, 0.25) is 6.04 Å². The predicted octanol–water partition coefficient (Wildman–Crippen LogP) is 1.14. The summed E-state index contributed by atoms with van der Waals surface area (Å²) in [6, 6.07) is 0.842. The molecule has 2 fully saturated rings. The van der Waals surface area contributed by atoms with E-state index in [-0.39, 0.29) is 6.10 Å². The van der Waals surface area contributed by atoms with E-state index in [4.69, 9.17) is 22.8 Å². The number of hydrogen-bond donors (Lipinski definition) is 0. The predicted molar refractivity (Wildman–Crippen MR) is 81.4 cm³/mol. The molecule has 2 aliphatic rings. The van der Waals surface area contributed by atoms with Crippen molar-refractivity contribution in [3.05, 3.63) is 0 Å². The molecule has 1 unspecified atom stereocenters. The summed E-state index contributed by atoms with van der Waals surface area (Å²) >= 11 is 0. The van der Waals surface area contributed by atoms with Gasteiger partial charge in [0, 0.05) is 45.5 Å². The van der Waals surface area contributed by atoms with E-state index in [1.54, 1.807) is 0 Å². The minimum absolute atomic E-state index is 0.0215. The highest BCUT2D eigenvalue weighted by atomic mass is 28.4. The molecule has 2 heterocycles. The summed E-state index contributed by atoms with van der Waals surface area (Å²) in [5.74, 6) is 0. The smallest absolute Gasteiger partial charge is 0.379 e. The lowest BCUT2D eigenvalue weighted by molar-refractivity contribution is -0.0483. The van der Waals surface area contributed by atoms with Crippen LogP contribution in [0.1, 0.15) is 20.3 Å². The van der Waals surface area contributed by atoms with Crippen LogP contribution >= 0.6 is 0 Å². The molecule has 0 saturated carbocycles. The summed E-state index contributed by atoms with van der Waals surface area (Å²) in [6.45, 7) is 11.0. The minimum atomic E-state index is -2.55. The summed E-state index contributed by atoms with van der Waals surface area (Å²) in [6.07, 6.45) is 0.962. The van der Waals surface area contributed by atoms with Crippen molar-refractivity contribution in [3.8, 4) is 0 Å². The van der Waals surface area contributed by atoms with Crippen LogP contribution in [0.25, 0.3) is 0 Å². The molecule has 7 heteroatoms. The highest BCUT2D eigenvalue weighted by Gasteiger charge is 2.43. The van der Waals surface area contributed by atoms with Gasteiger partial charge in [0.05, 0.1) is 25.9 Å². The number of nitrogens with zero attached hydrogens (tertiary/aromatic N) is 1. The molecular formula is C14H29NO5Si. The summed E-state index contributed by atoms with van der Waals surface area (Å²) < 4.78 is 29.4. The summed E-state index contributed by atoms with van der Waals surface area (Å²) in [7, 11) is -2.55. The quantitative estimate of drug-likeness (QED) is 0.684. The Morgan fingerprint density at radius 3 is 2.43 bits per heavy atom. The molecule has 0 aromatic rings. The highest BCUT2D eigenvalue weighted by molar-refractivity contribution is 6.60. The van der Waals surface area contributed by atoms with Gasteiger partial charge in [-0.2, -0.15) is 0 Å². The van der Waals surface area contributed by atoms with Gasteiger partial charge in [-0.05, 0) is 20.3 Å². The fourth-order valence-corrected chi connectivity index (χ4v) is 5.54. The fraction of sp³-hybridized carbons (Fsp3) is 1.00. The van der Waals surface area contributed by atoms with Crippen molar-refractivity contribution in [1.29, 1.82) is 0 Å². The summed E-state index contributed by atoms with van der Waals surface area (Å²) in [5.41, 5.74) is 0. The fourth-order valence-electron chi connectivity index (χ4n) is 2.81. The Labute approximate surface area is 129 Å². The van der Waals surface area contributed by atoms with Crippen molar-refractivity contribution in [2.75, 3.05) is 59.3 Å². The van der Waals surface area contributed by atoms with Crippen LogP contribution in [0.3, 0.4) is 0 Å². The van der Waals surface area contributed by atoms with Crippen LogP contribution < -0.4 is 0 Å². The first-order chi connectivity index (χ1) is 10.3. The van der Waals surface area contributed by atoms with Gasteiger partial charge in [0.1, 0.15) is 0 Å². The molecule has 0 aromatic heterocycles. The monoisotopic (exact) mass is 319 g/mol. The Balaban J connectivity index is 1.96. The standard InChI is InChI=1S/C14H29NO5Si/c1-3-18-21(19-4-2)11-5-8-17-13-14(20-21)12-15-6-9-16-10-7-15/h14H,3-13H2,1-2H3. The van der Waals surface area contributed by atoms with E-state index in [2.05, 4.69) is 4.90 Å². The minimum Gasteiger partial charge on any atom is -0.379 e. The van der Waals surface area contributed by atoms with Gasteiger partial charge in [0.15, 0.2) is 0 Å². The van der Waals surface area contributed by atoms with Crippen molar-refractivity contribution in [3.63, 3.8) is 0 Å². The number of morpholine rings is 1. The van der Waals surface area contributed by atoms with Crippen molar-refractivity contribution in [1.82, 2.24) is 4.90 Å².